The Balaban J connectivity index is 1.83. The number of piperazine rings is 1. The summed E-state index contributed by atoms with van der Waals surface area (Å²) in [6.45, 7) is 6.38. The third-order valence-electron chi connectivity index (χ3n) is 4.21. The molecule has 0 spiro atoms. The maximum absolute atomic E-state index is 12.6. The molecule has 0 aliphatic carbocycles. The predicted molar refractivity (Wildman–Crippen MR) is 90.7 cm³/mol. The number of carbonyl (C=O) groups is 1. The number of nitrogens with one attached hydrogen (secondary N) is 2. The van der Waals surface area contributed by atoms with Crippen molar-refractivity contribution in [3.8, 4) is 0 Å². The fourth-order valence-electron chi connectivity index (χ4n) is 2.97. The molecule has 0 unspecified atom stereocenters. The summed E-state index contributed by atoms with van der Waals surface area (Å²) < 4.78 is 1.92. The largest absolute Gasteiger partial charge is 0.343 e. The first-order chi connectivity index (χ1) is 10.9. The molecule has 2 aromatic heterocycles. The molecule has 0 bridgehead atoms. The van der Waals surface area contributed by atoms with E-state index in [9.17, 15) is 4.79 Å². The molecule has 124 valence electrons. The highest BCUT2D eigenvalue weighted by Crippen LogP contribution is 2.24. The number of hydrogen-bond acceptors (Lipinski definition) is 4. The lowest BCUT2D eigenvalue weighted by Gasteiger charge is -2.33. The minimum atomic E-state index is -0.605. The van der Waals surface area contributed by atoms with Gasteiger partial charge >= 0.3 is 0 Å². The molecular weight excluding hydrogens is 314 g/mol. The topological polar surface area (TPSA) is 61.7 Å². The minimum absolute atomic E-state index is 0.0136. The first kappa shape index (κ1) is 16.2. The fourth-order valence-corrected chi connectivity index (χ4v) is 3.19. The lowest BCUT2D eigenvalue weighted by molar-refractivity contribution is -0.126. The van der Waals surface area contributed by atoms with E-state index in [1.54, 1.807) is 6.20 Å². The summed E-state index contributed by atoms with van der Waals surface area (Å²) in [6, 6.07) is 3.49. The highest BCUT2D eigenvalue weighted by Gasteiger charge is 2.32. The van der Waals surface area contributed by atoms with Crippen molar-refractivity contribution in [1.29, 1.82) is 0 Å². The van der Waals surface area contributed by atoms with E-state index in [0.29, 0.717) is 11.6 Å². The van der Waals surface area contributed by atoms with Crippen molar-refractivity contribution in [2.75, 3.05) is 26.7 Å². The van der Waals surface area contributed by atoms with Gasteiger partial charge in [0.2, 0.25) is 5.91 Å². The van der Waals surface area contributed by atoms with Gasteiger partial charge in [-0.05, 0) is 33.0 Å². The number of fused-ring (bicyclic) bond motifs is 1. The van der Waals surface area contributed by atoms with Gasteiger partial charge in [0, 0.05) is 25.8 Å². The molecule has 0 aromatic carbocycles. The minimum Gasteiger partial charge on any atom is -0.343 e. The van der Waals surface area contributed by atoms with Crippen molar-refractivity contribution in [2.24, 2.45) is 0 Å². The summed E-state index contributed by atoms with van der Waals surface area (Å²) >= 11 is 6.20. The van der Waals surface area contributed by atoms with Crippen molar-refractivity contribution in [1.82, 2.24) is 24.9 Å². The van der Waals surface area contributed by atoms with Crippen molar-refractivity contribution in [3.63, 3.8) is 0 Å². The van der Waals surface area contributed by atoms with E-state index in [0.717, 1.165) is 24.4 Å². The molecule has 3 heterocycles. The summed E-state index contributed by atoms with van der Waals surface area (Å²) in [5.41, 5.74) is 0.230. The number of halogens is 1. The van der Waals surface area contributed by atoms with Crippen molar-refractivity contribution >= 4 is 23.0 Å². The summed E-state index contributed by atoms with van der Waals surface area (Å²) in [5.74, 6) is 0.743. The zero-order valence-corrected chi connectivity index (χ0v) is 14.4. The first-order valence-electron chi connectivity index (χ1n) is 7.74. The third-order valence-corrected chi connectivity index (χ3v) is 4.53. The van der Waals surface area contributed by atoms with Gasteiger partial charge in [-0.2, -0.15) is 0 Å². The van der Waals surface area contributed by atoms with E-state index in [-0.39, 0.29) is 11.9 Å². The molecule has 0 radical (unpaired) electrons. The van der Waals surface area contributed by atoms with Crippen molar-refractivity contribution < 1.29 is 4.79 Å². The van der Waals surface area contributed by atoms with Crippen LogP contribution in [0.15, 0.2) is 24.5 Å². The average molecular weight is 336 g/mol. The maximum atomic E-state index is 12.6. The Labute approximate surface area is 140 Å². The molecule has 1 aliphatic heterocycles. The highest BCUT2D eigenvalue weighted by atomic mass is 35.5. The van der Waals surface area contributed by atoms with Gasteiger partial charge in [-0.3, -0.25) is 4.79 Å². The van der Waals surface area contributed by atoms with E-state index in [4.69, 9.17) is 11.6 Å². The molecule has 0 saturated carbocycles. The van der Waals surface area contributed by atoms with Crippen molar-refractivity contribution in [2.45, 2.75) is 25.4 Å². The van der Waals surface area contributed by atoms with Crippen LogP contribution in [0.4, 0.5) is 0 Å². The number of likely N-dealkylation sites (N-methyl/N-ethyl adjacent to an activating group) is 1. The molecule has 1 fully saturated rings. The number of rotatable bonds is 3. The Morgan fingerprint density at radius 3 is 3.04 bits per heavy atom. The van der Waals surface area contributed by atoms with Crippen LogP contribution in [0.3, 0.4) is 0 Å². The van der Waals surface area contributed by atoms with Crippen LogP contribution >= 0.6 is 11.6 Å². The van der Waals surface area contributed by atoms with Gasteiger partial charge in [-0.25, -0.2) is 4.98 Å². The zero-order valence-electron chi connectivity index (χ0n) is 13.6. The van der Waals surface area contributed by atoms with Gasteiger partial charge < -0.3 is 19.9 Å². The SMILES string of the molecule is CN1CCN[C@H](C(=O)NC(C)(C)c2ncc3c(Cl)cccn23)C1. The van der Waals surface area contributed by atoms with E-state index < -0.39 is 5.54 Å². The Kier molecular flexibility index (Phi) is 4.31. The third kappa shape index (κ3) is 3.20. The number of amides is 1. The number of aromatic nitrogens is 2. The number of nitrogens with zero attached hydrogens (tertiary/aromatic N) is 3. The molecule has 6 nitrogen and oxygen atoms in total. The van der Waals surface area contributed by atoms with Crippen LogP contribution in [0.1, 0.15) is 19.7 Å². The summed E-state index contributed by atoms with van der Waals surface area (Å²) in [4.78, 5) is 19.2. The van der Waals surface area contributed by atoms with Gasteiger partial charge in [-0.1, -0.05) is 11.6 Å². The second-order valence-corrected chi connectivity index (χ2v) is 6.98. The Hall–Kier alpha value is -1.63. The lowest BCUT2D eigenvalue weighted by atomic mass is 10.0. The van der Waals surface area contributed by atoms with Gasteiger partial charge in [0.05, 0.1) is 28.3 Å². The quantitative estimate of drug-likeness (QED) is 0.886. The number of imidazole rings is 1. The summed E-state index contributed by atoms with van der Waals surface area (Å²) in [7, 11) is 2.02. The van der Waals surface area contributed by atoms with Crippen LogP contribution in [0.2, 0.25) is 5.02 Å². The molecule has 23 heavy (non-hydrogen) atoms. The zero-order chi connectivity index (χ0) is 16.6. The fraction of sp³-hybridized carbons (Fsp3) is 0.500. The van der Waals surface area contributed by atoms with E-state index in [1.165, 1.54) is 0 Å². The summed E-state index contributed by atoms with van der Waals surface area (Å²) in [6.07, 6.45) is 3.64. The van der Waals surface area contributed by atoms with Crippen LogP contribution in [0.5, 0.6) is 0 Å². The second-order valence-electron chi connectivity index (χ2n) is 6.58. The average Bonchev–Trinajstić information content (AvgIpc) is 2.93. The van der Waals surface area contributed by atoms with E-state index in [2.05, 4.69) is 20.5 Å². The standard InChI is InChI=1S/C16H22ClN5O/c1-16(2,20-14(23)12-10-21(3)8-6-18-12)15-19-9-13-11(17)5-4-7-22(13)15/h4-5,7,9,12,18H,6,8,10H2,1-3H3,(H,20,23)/t12-/m0/s1. The molecule has 3 rings (SSSR count). The lowest BCUT2D eigenvalue weighted by Crippen LogP contribution is -2.58. The molecule has 1 atom stereocenters. The van der Waals surface area contributed by atoms with Gasteiger partial charge in [0.15, 0.2) is 0 Å². The summed E-state index contributed by atoms with van der Waals surface area (Å²) in [5, 5.41) is 7.01. The predicted octanol–water partition coefficient (Wildman–Crippen LogP) is 1.24. The van der Waals surface area contributed by atoms with Crippen LogP contribution in [-0.2, 0) is 10.3 Å². The van der Waals surface area contributed by atoms with Crippen LogP contribution < -0.4 is 10.6 Å². The Morgan fingerprint density at radius 2 is 2.30 bits per heavy atom. The molecular formula is C16H22ClN5O. The van der Waals surface area contributed by atoms with E-state index in [1.807, 2.05) is 43.6 Å². The van der Waals surface area contributed by atoms with E-state index >= 15 is 0 Å². The smallest absolute Gasteiger partial charge is 0.239 e. The normalized spacial score (nSPS) is 19.9. The molecule has 1 saturated heterocycles. The Bertz CT molecular complexity index is 726. The molecule has 1 amide bonds. The number of hydrogen-bond donors (Lipinski definition) is 2. The monoisotopic (exact) mass is 335 g/mol. The molecule has 2 N–H and O–H groups in total. The van der Waals surface area contributed by atoms with Gasteiger partial charge in [0.1, 0.15) is 5.82 Å². The Morgan fingerprint density at radius 1 is 1.52 bits per heavy atom. The van der Waals surface area contributed by atoms with Gasteiger partial charge in [0.25, 0.3) is 0 Å². The van der Waals surface area contributed by atoms with Gasteiger partial charge in [-0.15, -0.1) is 0 Å². The number of carbonyl (C=O) groups excluding carboxylic acids is 1. The maximum Gasteiger partial charge on any atom is 0.239 e. The van der Waals surface area contributed by atoms with Crippen LogP contribution in [-0.4, -0.2) is 52.9 Å². The van der Waals surface area contributed by atoms with Crippen LogP contribution in [0.25, 0.3) is 5.52 Å². The van der Waals surface area contributed by atoms with Crippen molar-refractivity contribution in [3.05, 3.63) is 35.4 Å². The first-order valence-corrected chi connectivity index (χ1v) is 8.12. The molecule has 7 heteroatoms. The molecule has 2 aromatic rings. The second kappa shape index (κ2) is 6.11. The highest BCUT2D eigenvalue weighted by molar-refractivity contribution is 6.33. The molecule has 1 aliphatic rings. The number of pyridine rings is 1. The van der Waals surface area contributed by atoms with Crippen LogP contribution in [0, 0.1) is 0 Å².